The first kappa shape index (κ1) is 14.6. The summed E-state index contributed by atoms with van der Waals surface area (Å²) in [7, 11) is 3.33. The Bertz CT molecular complexity index is 674. The van der Waals surface area contributed by atoms with Crippen molar-refractivity contribution in [2.75, 3.05) is 19.1 Å². The summed E-state index contributed by atoms with van der Waals surface area (Å²) in [5, 5.41) is 11.7. The second kappa shape index (κ2) is 6.13. The molecule has 0 heterocycles. The van der Waals surface area contributed by atoms with Crippen LogP contribution in [0.3, 0.4) is 0 Å². The van der Waals surface area contributed by atoms with Crippen LogP contribution >= 0.6 is 0 Å². The third-order valence-electron chi connectivity index (χ3n) is 3.16. The van der Waals surface area contributed by atoms with Gasteiger partial charge in [0.2, 0.25) is 0 Å². The van der Waals surface area contributed by atoms with Crippen LogP contribution in [0.2, 0.25) is 0 Å². The van der Waals surface area contributed by atoms with Gasteiger partial charge in [-0.2, -0.15) is 0 Å². The minimum absolute atomic E-state index is 0.0466. The second-order valence-corrected chi connectivity index (χ2v) is 4.38. The van der Waals surface area contributed by atoms with Gasteiger partial charge in [-0.3, -0.25) is 0 Å². The van der Waals surface area contributed by atoms with E-state index < -0.39 is 5.82 Å². The molecule has 0 radical (unpaired) electrons. The van der Waals surface area contributed by atoms with E-state index >= 15 is 0 Å². The fraction of sp³-hybridized carbons (Fsp3) is 0.133. The highest BCUT2D eigenvalue weighted by molar-refractivity contribution is 6.03. The summed E-state index contributed by atoms with van der Waals surface area (Å²) in [6.45, 7) is 0. The van der Waals surface area contributed by atoms with Gasteiger partial charge >= 0.3 is 0 Å². The largest absolute Gasteiger partial charge is 0.497 e. The first-order chi connectivity index (χ1) is 10.1. The summed E-state index contributed by atoms with van der Waals surface area (Å²) in [6.07, 6.45) is 0. The Hall–Kier alpha value is -2.76. The molecule has 0 unspecified atom stereocenters. The van der Waals surface area contributed by atoms with Gasteiger partial charge in [-0.15, -0.1) is 0 Å². The molecule has 0 aliphatic heterocycles. The lowest BCUT2D eigenvalue weighted by Crippen LogP contribution is -2.21. The summed E-state index contributed by atoms with van der Waals surface area (Å²) in [4.78, 5) is 1.74. The number of benzene rings is 2. The van der Waals surface area contributed by atoms with E-state index in [2.05, 4.69) is 5.16 Å². The molecule has 110 valence electrons. The molecule has 0 aromatic heterocycles. The van der Waals surface area contributed by atoms with Gasteiger partial charge in [0, 0.05) is 18.8 Å². The third-order valence-corrected chi connectivity index (χ3v) is 3.16. The van der Waals surface area contributed by atoms with E-state index in [-0.39, 0.29) is 11.4 Å². The number of halogens is 1. The molecule has 2 aromatic carbocycles. The molecule has 0 saturated heterocycles. The molecule has 21 heavy (non-hydrogen) atoms. The fourth-order valence-corrected chi connectivity index (χ4v) is 2.05. The van der Waals surface area contributed by atoms with Crippen LogP contribution in [0, 0.1) is 5.82 Å². The average Bonchev–Trinajstić information content (AvgIpc) is 2.53. The van der Waals surface area contributed by atoms with E-state index in [1.54, 1.807) is 37.3 Å². The Morgan fingerprint density at radius 1 is 1.29 bits per heavy atom. The number of methoxy groups -OCH3 is 1. The molecule has 0 aliphatic rings. The molecule has 0 spiro atoms. The summed E-state index contributed by atoms with van der Waals surface area (Å²) in [5.74, 6) is -0.156. The Morgan fingerprint density at radius 3 is 2.67 bits per heavy atom. The molecule has 3 N–H and O–H groups in total. The number of nitrogens with two attached hydrogens (primary N) is 1. The van der Waals surface area contributed by atoms with Crippen molar-refractivity contribution >= 4 is 17.2 Å². The van der Waals surface area contributed by atoms with Gasteiger partial charge in [-0.1, -0.05) is 17.3 Å². The maximum atomic E-state index is 14.0. The Kier molecular flexibility index (Phi) is 4.27. The first-order valence-corrected chi connectivity index (χ1v) is 6.22. The number of amidine groups is 1. The Labute approximate surface area is 122 Å². The van der Waals surface area contributed by atoms with Crippen LogP contribution in [-0.4, -0.2) is 25.2 Å². The van der Waals surface area contributed by atoms with Crippen LogP contribution in [0.25, 0.3) is 0 Å². The lowest BCUT2D eigenvalue weighted by Gasteiger charge is -2.23. The summed E-state index contributed by atoms with van der Waals surface area (Å²) in [6, 6.07) is 11.8. The predicted octanol–water partition coefficient (Wildman–Crippen LogP) is 2.70. The lowest BCUT2D eigenvalue weighted by molar-refractivity contribution is 0.318. The van der Waals surface area contributed by atoms with Crippen LogP contribution in [0.5, 0.6) is 5.75 Å². The number of ether oxygens (including phenoxy) is 1. The molecule has 0 fully saturated rings. The van der Waals surface area contributed by atoms with E-state index in [0.29, 0.717) is 11.4 Å². The summed E-state index contributed by atoms with van der Waals surface area (Å²) >= 11 is 0. The topological polar surface area (TPSA) is 71.1 Å². The van der Waals surface area contributed by atoms with Gasteiger partial charge in [0.05, 0.1) is 18.4 Å². The second-order valence-electron chi connectivity index (χ2n) is 4.38. The quantitative estimate of drug-likeness (QED) is 0.393. The van der Waals surface area contributed by atoms with E-state index in [9.17, 15) is 4.39 Å². The van der Waals surface area contributed by atoms with Gasteiger partial charge in [0.15, 0.2) is 5.84 Å². The van der Waals surface area contributed by atoms with Crippen molar-refractivity contribution in [1.29, 1.82) is 0 Å². The van der Waals surface area contributed by atoms with Gasteiger partial charge in [0.25, 0.3) is 0 Å². The number of rotatable bonds is 4. The molecule has 0 atom stereocenters. The van der Waals surface area contributed by atoms with Crippen LogP contribution < -0.4 is 15.4 Å². The van der Waals surface area contributed by atoms with E-state index in [1.165, 1.54) is 6.07 Å². The highest BCUT2D eigenvalue weighted by Crippen LogP contribution is 2.30. The van der Waals surface area contributed by atoms with Crippen LogP contribution in [0.1, 0.15) is 5.56 Å². The normalized spacial score (nSPS) is 11.3. The van der Waals surface area contributed by atoms with E-state index in [1.807, 2.05) is 18.2 Å². The molecule has 0 aliphatic carbocycles. The first-order valence-electron chi connectivity index (χ1n) is 6.22. The van der Waals surface area contributed by atoms with Crippen LogP contribution in [0.15, 0.2) is 47.6 Å². The molecular weight excluding hydrogens is 273 g/mol. The molecule has 2 aromatic rings. The maximum Gasteiger partial charge on any atom is 0.175 e. The van der Waals surface area contributed by atoms with Crippen LogP contribution in [-0.2, 0) is 0 Å². The van der Waals surface area contributed by atoms with Crippen molar-refractivity contribution in [2.45, 2.75) is 0 Å². The SMILES string of the molecule is COc1cccc(N(C)c2cccc(F)c2C(N)=NO)c1. The van der Waals surface area contributed by atoms with Gasteiger partial charge in [-0.25, -0.2) is 4.39 Å². The lowest BCUT2D eigenvalue weighted by atomic mass is 10.1. The molecular formula is C15H16FN3O2. The third kappa shape index (κ3) is 2.89. The molecule has 0 bridgehead atoms. The summed E-state index contributed by atoms with van der Waals surface area (Å²) < 4.78 is 19.2. The van der Waals surface area contributed by atoms with Gasteiger partial charge < -0.3 is 20.6 Å². The zero-order chi connectivity index (χ0) is 15.4. The number of hydrogen-bond donors (Lipinski definition) is 2. The van der Waals surface area contributed by atoms with Crippen LogP contribution in [0.4, 0.5) is 15.8 Å². The van der Waals surface area contributed by atoms with E-state index in [0.717, 1.165) is 5.69 Å². The molecule has 0 saturated carbocycles. The highest BCUT2D eigenvalue weighted by Gasteiger charge is 2.17. The van der Waals surface area contributed by atoms with Gasteiger partial charge in [-0.05, 0) is 24.3 Å². The minimum Gasteiger partial charge on any atom is -0.497 e. The number of nitrogens with zero attached hydrogens (tertiary/aromatic N) is 2. The maximum absolute atomic E-state index is 14.0. The molecule has 5 nitrogen and oxygen atoms in total. The monoisotopic (exact) mass is 289 g/mol. The number of oxime groups is 1. The van der Waals surface area contributed by atoms with Crippen molar-refractivity contribution in [3.8, 4) is 5.75 Å². The van der Waals surface area contributed by atoms with Gasteiger partial charge in [0.1, 0.15) is 11.6 Å². The Balaban J connectivity index is 2.53. The van der Waals surface area contributed by atoms with Crippen molar-refractivity contribution in [1.82, 2.24) is 0 Å². The Morgan fingerprint density at radius 2 is 2.00 bits per heavy atom. The fourth-order valence-electron chi connectivity index (χ4n) is 2.05. The van der Waals surface area contributed by atoms with Crippen molar-refractivity contribution in [2.24, 2.45) is 10.9 Å². The molecule has 6 heteroatoms. The van der Waals surface area contributed by atoms with Crippen molar-refractivity contribution in [3.05, 3.63) is 53.8 Å². The standard InChI is InChI=1S/C15H16FN3O2/c1-19(10-5-3-6-11(9-10)21-2)13-8-4-7-12(16)14(13)15(17)18-20/h3-9,20H,1-2H3,(H2,17,18). The minimum atomic E-state index is -0.558. The number of hydrogen-bond acceptors (Lipinski definition) is 4. The summed E-state index contributed by atoms with van der Waals surface area (Å²) in [5.41, 5.74) is 6.89. The predicted molar refractivity (Wildman–Crippen MR) is 80.0 cm³/mol. The average molecular weight is 289 g/mol. The molecule has 2 rings (SSSR count). The highest BCUT2D eigenvalue weighted by atomic mass is 19.1. The van der Waals surface area contributed by atoms with Crippen molar-refractivity contribution < 1.29 is 14.3 Å². The zero-order valence-electron chi connectivity index (χ0n) is 11.7. The van der Waals surface area contributed by atoms with Crippen molar-refractivity contribution in [3.63, 3.8) is 0 Å². The van der Waals surface area contributed by atoms with E-state index in [4.69, 9.17) is 15.7 Å². The smallest absolute Gasteiger partial charge is 0.175 e. The zero-order valence-corrected chi connectivity index (χ0v) is 11.7. The number of anilines is 2. The molecule has 0 amide bonds.